The van der Waals surface area contributed by atoms with Crippen molar-refractivity contribution in [2.24, 2.45) is 0 Å². The highest BCUT2D eigenvalue weighted by Gasteiger charge is 2.31. The molecule has 0 aliphatic carbocycles. The Hall–Kier alpha value is 0.270. The Kier molecular flexibility index (Phi) is 8.36. The number of unbranched alkanes of at least 4 members (excludes halogenated alkanes) is 3. The Morgan fingerprint density at radius 1 is 1.11 bits per heavy atom. The standard InChI is InChI=1S/C15H32N2S/c1-4-15(5-2)14-17(12-10-16-15)11-8-6-7-9-13-18-3/h16H,4-14H2,1-3H3. The molecule has 1 aliphatic heterocycles. The summed E-state index contributed by atoms with van der Waals surface area (Å²) in [6.45, 7) is 9.62. The summed E-state index contributed by atoms with van der Waals surface area (Å²) in [4.78, 5) is 2.68. The largest absolute Gasteiger partial charge is 0.309 e. The highest BCUT2D eigenvalue weighted by atomic mass is 32.2. The molecule has 1 saturated heterocycles. The maximum atomic E-state index is 3.74. The molecular formula is C15H32N2S. The summed E-state index contributed by atoms with van der Waals surface area (Å²) in [5, 5.41) is 3.74. The summed E-state index contributed by atoms with van der Waals surface area (Å²) in [6, 6.07) is 0. The van der Waals surface area contributed by atoms with Gasteiger partial charge in [0.1, 0.15) is 0 Å². The third-order valence-electron chi connectivity index (χ3n) is 4.38. The highest BCUT2D eigenvalue weighted by Crippen LogP contribution is 2.20. The molecule has 2 nitrogen and oxygen atoms in total. The monoisotopic (exact) mass is 272 g/mol. The van der Waals surface area contributed by atoms with Gasteiger partial charge in [0, 0.05) is 25.2 Å². The van der Waals surface area contributed by atoms with Crippen LogP contribution in [0, 0.1) is 0 Å². The van der Waals surface area contributed by atoms with E-state index >= 15 is 0 Å². The van der Waals surface area contributed by atoms with Gasteiger partial charge in [-0.15, -0.1) is 0 Å². The van der Waals surface area contributed by atoms with Gasteiger partial charge in [-0.05, 0) is 44.2 Å². The molecule has 0 bridgehead atoms. The predicted octanol–water partition coefficient (Wildman–Crippen LogP) is 3.37. The van der Waals surface area contributed by atoms with Crippen LogP contribution in [0.4, 0.5) is 0 Å². The van der Waals surface area contributed by atoms with E-state index in [4.69, 9.17) is 0 Å². The van der Waals surface area contributed by atoms with Crippen molar-refractivity contribution in [2.45, 2.75) is 57.9 Å². The summed E-state index contributed by atoms with van der Waals surface area (Å²) in [6.07, 6.45) is 10.3. The van der Waals surface area contributed by atoms with Crippen LogP contribution in [-0.4, -0.2) is 48.6 Å². The van der Waals surface area contributed by atoms with E-state index in [0.717, 1.165) is 0 Å². The Morgan fingerprint density at radius 3 is 2.50 bits per heavy atom. The van der Waals surface area contributed by atoms with Crippen molar-refractivity contribution in [1.82, 2.24) is 10.2 Å². The van der Waals surface area contributed by atoms with Crippen LogP contribution in [0.5, 0.6) is 0 Å². The Morgan fingerprint density at radius 2 is 1.83 bits per heavy atom. The van der Waals surface area contributed by atoms with Crippen LogP contribution in [0.2, 0.25) is 0 Å². The van der Waals surface area contributed by atoms with Gasteiger partial charge in [0.05, 0.1) is 0 Å². The first-order chi connectivity index (χ1) is 8.76. The van der Waals surface area contributed by atoms with Crippen molar-refractivity contribution in [3.05, 3.63) is 0 Å². The van der Waals surface area contributed by atoms with E-state index in [0.29, 0.717) is 5.54 Å². The molecule has 0 atom stereocenters. The number of nitrogens with zero attached hydrogens (tertiary/aromatic N) is 1. The molecular weight excluding hydrogens is 240 g/mol. The zero-order chi connectivity index (χ0) is 13.3. The van der Waals surface area contributed by atoms with Crippen molar-refractivity contribution in [3.63, 3.8) is 0 Å². The maximum Gasteiger partial charge on any atom is 0.0304 e. The molecule has 1 aliphatic rings. The van der Waals surface area contributed by atoms with Crippen LogP contribution in [0.1, 0.15) is 52.4 Å². The normalized spacial score (nSPS) is 20.2. The van der Waals surface area contributed by atoms with Gasteiger partial charge < -0.3 is 10.2 Å². The smallest absolute Gasteiger partial charge is 0.0304 e. The molecule has 3 heteroatoms. The Balaban J connectivity index is 2.14. The fourth-order valence-electron chi connectivity index (χ4n) is 2.89. The van der Waals surface area contributed by atoms with E-state index in [1.54, 1.807) is 0 Å². The maximum absolute atomic E-state index is 3.74. The second-order valence-electron chi connectivity index (χ2n) is 5.60. The van der Waals surface area contributed by atoms with E-state index in [-0.39, 0.29) is 0 Å². The number of hydrogen-bond donors (Lipinski definition) is 1. The van der Waals surface area contributed by atoms with Gasteiger partial charge in [0.25, 0.3) is 0 Å². The SMILES string of the molecule is CCC1(CC)CN(CCCCCCSC)CCN1. The molecule has 0 radical (unpaired) electrons. The second kappa shape index (κ2) is 9.22. The van der Waals surface area contributed by atoms with Crippen LogP contribution >= 0.6 is 11.8 Å². The van der Waals surface area contributed by atoms with Crippen LogP contribution in [0.15, 0.2) is 0 Å². The summed E-state index contributed by atoms with van der Waals surface area (Å²) < 4.78 is 0. The van der Waals surface area contributed by atoms with Crippen molar-refractivity contribution < 1.29 is 0 Å². The molecule has 0 aromatic carbocycles. The molecule has 0 aromatic heterocycles. The van der Waals surface area contributed by atoms with E-state index in [1.165, 1.54) is 70.5 Å². The van der Waals surface area contributed by atoms with Gasteiger partial charge in [0.2, 0.25) is 0 Å². The van der Waals surface area contributed by atoms with Gasteiger partial charge in [0.15, 0.2) is 0 Å². The predicted molar refractivity (Wildman–Crippen MR) is 84.6 cm³/mol. The van der Waals surface area contributed by atoms with Gasteiger partial charge in [-0.1, -0.05) is 26.7 Å². The second-order valence-corrected chi connectivity index (χ2v) is 6.58. The molecule has 0 unspecified atom stereocenters. The number of hydrogen-bond acceptors (Lipinski definition) is 3. The fourth-order valence-corrected chi connectivity index (χ4v) is 3.38. The van der Waals surface area contributed by atoms with E-state index in [1.807, 2.05) is 11.8 Å². The lowest BCUT2D eigenvalue weighted by Crippen LogP contribution is -2.59. The molecule has 108 valence electrons. The van der Waals surface area contributed by atoms with E-state index in [9.17, 15) is 0 Å². The zero-order valence-corrected chi connectivity index (χ0v) is 13.5. The molecule has 1 rings (SSSR count). The average Bonchev–Trinajstić information content (AvgIpc) is 2.43. The third kappa shape index (κ3) is 5.50. The van der Waals surface area contributed by atoms with Crippen LogP contribution in [0.25, 0.3) is 0 Å². The molecule has 0 amide bonds. The highest BCUT2D eigenvalue weighted by molar-refractivity contribution is 7.98. The van der Waals surface area contributed by atoms with Crippen LogP contribution < -0.4 is 5.32 Å². The van der Waals surface area contributed by atoms with Crippen molar-refractivity contribution in [3.8, 4) is 0 Å². The first-order valence-corrected chi connectivity index (χ1v) is 9.12. The van der Waals surface area contributed by atoms with E-state index < -0.39 is 0 Å². The van der Waals surface area contributed by atoms with Crippen LogP contribution in [0.3, 0.4) is 0 Å². The average molecular weight is 273 g/mol. The lowest BCUT2D eigenvalue weighted by molar-refractivity contribution is 0.122. The summed E-state index contributed by atoms with van der Waals surface area (Å²) >= 11 is 1.97. The Labute approximate surface area is 118 Å². The minimum absolute atomic E-state index is 0.400. The number of thioether (sulfide) groups is 1. The zero-order valence-electron chi connectivity index (χ0n) is 12.6. The third-order valence-corrected chi connectivity index (χ3v) is 5.08. The van der Waals surface area contributed by atoms with E-state index in [2.05, 4.69) is 30.3 Å². The van der Waals surface area contributed by atoms with Gasteiger partial charge in [-0.25, -0.2) is 0 Å². The summed E-state index contributed by atoms with van der Waals surface area (Å²) in [5.74, 6) is 1.34. The fraction of sp³-hybridized carbons (Fsp3) is 1.00. The Bertz CT molecular complexity index is 205. The quantitative estimate of drug-likeness (QED) is 0.648. The first-order valence-electron chi connectivity index (χ1n) is 7.72. The number of rotatable bonds is 9. The van der Waals surface area contributed by atoms with Crippen molar-refractivity contribution in [1.29, 1.82) is 0 Å². The topological polar surface area (TPSA) is 15.3 Å². The minimum atomic E-state index is 0.400. The van der Waals surface area contributed by atoms with Crippen molar-refractivity contribution >= 4 is 11.8 Å². The minimum Gasteiger partial charge on any atom is -0.309 e. The van der Waals surface area contributed by atoms with Crippen molar-refractivity contribution in [2.75, 3.05) is 38.2 Å². The summed E-state index contributed by atoms with van der Waals surface area (Å²) in [5.41, 5.74) is 0.400. The molecule has 1 N–H and O–H groups in total. The molecule has 0 saturated carbocycles. The lowest BCUT2D eigenvalue weighted by Gasteiger charge is -2.43. The lowest BCUT2D eigenvalue weighted by atomic mass is 9.90. The van der Waals surface area contributed by atoms with Gasteiger partial charge in [-0.2, -0.15) is 11.8 Å². The van der Waals surface area contributed by atoms with Gasteiger partial charge >= 0.3 is 0 Å². The molecule has 1 fully saturated rings. The molecule has 0 spiro atoms. The first kappa shape index (κ1) is 16.3. The molecule has 1 heterocycles. The number of piperazine rings is 1. The summed E-state index contributed by atoms with van der Waals surface area (Å²) in [7, 11) is 0. The van der Waals surface area contributed by atoms with Crippen LogP contribution in [-0.2, 0) is 0 Å². The van der Waals surface area contributed by atoms with Gasteiger partial charge in [-0.3, -0.25) is 0 Å². The molecule has 18 heavy (non-hydrogen) atoms. The molecule has 0 aromatic rings. The number of nitrogens with one attached hydrogen (secondary N) is 1.